The van der Waals surface area contributed by atoms with Crippen molar-refractivity contribution in [3.05, 3.63) is 11.6 Å². The molecule has 1 N–H and O–H groups in total. The van der Waals surface area contributed by atoms with Gasteiger partial charge in [0.2, 0.25) is 0 Å². The smallest absolute Gasteiger partial charge is 0.332 e. The van der Waals surface area contributed by atoms with Gasteiger partial charge in [-0.3, -0.25) is 0 Å². The van der Waals surface area contributed by atoms with Gasteiger partial charge in [-0.25, -0.2) is 4.79 Å². The molecule has 0 radical (unpaired) electrons. The van der Waals surface area contributed by atoms with E-state index in [-0.39, 0.29) is 11.7 Å². The lowest BCUT2D eigenvalue weighted by Gasteiger charge is -2.07. The Bertz CT molecular complexity index is 259. The average Bonchev–Trinajstić information content (AvgIpc) is 2.56. The van der Waals surface area contributed by atoms with Crippen molar-refractivity contribution in [3.63, 3.8) is 0 Å². The quantitative estimate of drug-likeness (QED) is 0.522. The first-order valence-electron chi connectivity index (χ1n) is 4.17. The first-order valence-corrected chi connectivity index (χ1v) is 4.17. The van der Waals surface area contributed by atoms with Crippen molar-refractivity contribution in [2.75, 3.05) is 6.61 Å². The van der Waals surface area contributed by atoms with Crippen molar-refractivity contribution < 1.29 is 14.6 Å². The number of carbonyl (C=O) groups is 1. The zero-order valence-electron chi connectivity index (χ0n) is 7.19. The average molecular weight is 181 g/mol. The van der Waals surface area contributed by atoms with Crippen molar-refractivity contribution in [2.45, 2.75) is 25.4 Å². The van der Waals surface area contributed by atoms with Gasteiger partial charge in [-0.1, -0.05) is 0 Å². The Hall–Kier alpha value is -1.34. The van der Waals surface area contributed by atoms with Crippen molar-refractivity contribution in [2.24, 2.45) is 0 Å². The summed E-state index contributed by atoms with van der Waals surface area (Å²) in [5.41, 5.74) is 0.134. The Morgan fingerprint density at radius 1 is 1.77 bits per heavy atom. The summed E-state index contributed by atoms with van der Waals surface area (Å²) in [6.07, 6.45) is 3.25. The third-order valence-electron chi connectivity index (χ3n) is 1.99. The van der Waals surface area contributed by atoms with E-state index in [2.05, 4.69) is 0 Å². The molecular formula is C9H11NO3. The second-order valence-electron chi connectivity index (χ2n) is 2.94. The van der Waals surface area contributed by atoms with E-state index in [1.54, 1.807) is 6.07 Å². The van der Waals surface area contributed by atoms with Gasteiger partial charge in [-0.15, -0.1) is 0 Å². The molecule has 0 saturated carbocycles. The Kier molecular flexibility index (Phi) is 3.47. The van der Waals surface area contributed by atoms with Gasteiger partial charge in [0, 0.05) is 24.7 Å². The maximum Gasteiger partial charge on any atom is 0.332 e. The molecule has 1 heterocycles. The molecule has 4 heteroatoms. The van der Waals surface area contributed by atoms with E-state index < -0.39 is 5.97 Å². The summed E-state index contributed by atoms with van der Waals surface area (Å²) < 4.78 is 5.27. The number of nitrogens with zero attached hydrogens (tertiary/aromatic N) is 1. The molecule has 1 saturated heterocycles. The molecule has 1 aliphatic rings. The molecule has 0 amide bonds. The minimum Gasteiger partial charge on any atom is -0.478 e. The third kappa shape index (κ3) is 2.88. The number of aliphatic carboxylic acids is 1. The monoisotopic (exact) mass is 181 g/mol. The Morgan fingerprint density at radius 3 is 3.00 bits per heavy atom. The number of allylic oxidation sites excluding steroid dienone is 1. The predicted octanol–water partition coefficient (Wildman–Crippen LogP) is 1.09. The second kappa shape index (κ2) is 4.63. The third-order valence-corrected chi connectivity index (χ3v) is 1.99. The van der Waals surface area contributed by atoms with Crippen LogP contribution in [0.15, 0.2) is 11.6 Å². The number of carboxylic acid groups (broad SMARTS) is 1. The Labute approximate surface area is 76.4 Å². The predicted molar refractivity (Wildman–Crippen MR) is 44.9 cm³/mol. The van der Waals surface area contributed by atoms with Crippen LogP contribution in [0.1, 0.15) is 19.3 Å². The molecule has 1 fully saturated rings. The van der Waals surface area contributed by atoms with Gasteiger partial charge >= 0.3 is 5.97 Å². The summed E-state index contributed by atoms with van der Waals surface area (Å²) in [5, 5.41) is 17.0. The van der Waals surface area contributed by atoms with E-state index in [1.165, 1.54) is 0 Å². The standard InChI is InChI=1S/C9H11NO3/c10-4-3-7(9(11)12)6-8-2-1-5-13-8/h3,8H,1-2,5-6H2,(H,11,12). The summed E-state index contributed by atoms with van der Waals surface area (Å²) >= 11 is 0. The Balaban J connectivity index is 2.53. The second-order valence-corrected chi connectivity index (χ2v) is 2.94. The summed E-state index contributed by atoms with van der Waals surface area (Å²) in [7, 11) is 0. The minimum absolute atomic E-state index is 0.0179. The van der Waals surface area contributed by atoms with Crippen molar-refractivity contribution in [1.29, 1.82) is 5.26 Å². The molecular weight excluding hydrogens is 170 g/mol. The maximum absolute atomic E-state index is 10.6. The highest BCUT2D eigenvalue weighted by atomic mass is 16.5. The molecule has 0 aliphatic carbocycles. The van der Waals surface area contributed by atoms with Crippen LogP contribution in [0, 0.1) is 11.3 Å². The van der Waals surface area contributed by atoms with Crippen LogP contribution >= 0.6 is 0 Å². The van der Waals surface area contributed by atoms with Crippen LogP contribution in [0.5, 0.6) is 0 Å². The Morgan fingerprint density at radius 2 is 2.54 bits per heavy atom. The number of rotatable bonds is 3. The number of hydrogen-bond acceptors (Lipinski definition) is 3. The zero-order valence-corrected chi connectivity index (χ0v) is 7.19. The van der Waals surface area contributed by atoms with Crippen LogP contribution in [0.3, 0.4) is 0 Å². The van der Waals surface area contributed by atoms with E-state index in [0.717, 1.165) is 18.9 Å². The number of hydrogen-bond donors (Lipinski definition) is 1. The normalized spacial score (nSPS) is 22.7. The highest BCUT2D eigenvalue weighted by Gasteiger charge is 2.19. The van der Waals surface area contributed by atoms with Gasteiger partial charge in [0.1, 0.15) is 0 Å². The molecule has 1 atom stereocenters. The lowest BCUT2D eigenvalue weighted by atomic mass is 10.1. The maximum atomic E-state index is 10.6. The zero-order chi connectivity index (χ0) is 9.68. The summed E-state index contributed by atoms with van der Waals surface area (Å²) in [5.74, 6) is -1.03. The van der Waals surface area contributed by atoms with Gasteiger partial charge in [0.15, 0.2) is 0 Å². The number of carboxylic acids is 1. The van der Waals surface area contributed by atoms with Gasteiger partial charge in [-0.05, 0) is 12.8 Å². The van der Waals surface area contributed by atoms with Gasteiger partial charge < -0.3 is 9.84 Å². The molecule has 1 unspecified atom stereocenters. The van der Waals surface area contributed by atoms with Crippen LogP contribution in [0.2, 0.25) is 0 Å². The number of nitriles is 1. The molecule has 1 aliphatic heterocycles. The first-order chi connectivity index (χ1) is 6.24. The molecule has 13 heavy (non-hydrogen) atoms. The fraction of sp³-hybridized carbons (Fsp3) is 0.556. The summed E-state index contributed by atoms with van der Waals surface area (Å²) in [6.45, 7) is 0.699. The summed E-state index contributed by atoms with van der Waals surface area (Å²) in [6, 6.07) is 1.72. The van der Waals surface area contributed by atoms with Gasteiger partial charge in [0.05, 0.1) is 12.2 Å². The fourth-order valence-corrected chi connectivity index (χ4v) is 1.34. The van der Waals surface area contributed by atoms with Crippen molar-refractivity contribution in [3.8, 4) is 6.07 Å². The van der Waals surface area contributed by atoms with Crippen molar-refractivity contribution >= 4 is 5.97 Å². The summed E-state index contributed by atoms with van der Waals surface area (Å²) in [4.78, 5) is 10.6. The molecule has 0 spiro atoms. The van der Waals surface area contributed by atoms with Crippen LogP contribution in [0.25, 0.3) is 0 Å². The molecule has 0 aromatic rings. The van der Waals surface area contributed by atoms with Crippen LogP contribution in [0.4, 0.5) is 0 Å². The van der Waals surface area contributed by atoms with E-state index >= 15 is 0 Å². The van der Waals surface area contributed by atoms with Crippen molar-refractivity contribution in [1.82, 2.24) is 0 Å². The number of ether oxygens (including phenoxy) is 1. The molecule has 4 nitrogen and oxygen atoms in total. The van der Waals surface area contributed by atoms with Crippen LogP contribution in [-0.4, -0.2) is 23.8 Å². The molecule has 70 valence electrons. The van der Waals surface area contributed by atoms with Crippen LogP contribution < -0.4 is 0 Å². The lowest BCUT2D eigenvalue weighted by Crippen LogP contribution is -2.11. The first kappa shape index (κ1) is 9.75. The highest BCUT2D eigenvalue weighted by Crippen LogP contribution is 2.19. The van der Waals surface area contributed by atoms with E-state index in [9.17, 15) is 4.79 Å². The molecule has 0 bridgehead atoms. The largest absolute Gasteiger partial charge is 0.478 e. The fourth-order valence-electron chi connectivity index (χ4n) is 1.34. The van der Waals surface area contributed by atoms with E-state index in [4.69, 9.17) is 15.1 Å². The van der Waals surface area contributed by atoms with Crippen LogP contribution in [-0.2, 0) is 9.53 Å². The van der Waals surface area contributed by atoms with Gasteiger partial charge in [-0.2, -0.15) is 5.26 Å². The topological polar surface area (TPSA) is 70.3 Å². The highest BCUT2D eigenvalue weighted by molar-refractivity contribution is 5.87. The van der Waals surface area contributed by atoms with E-state index in [1.807, 2.05) is 0 Å². The lowest BCUT2D eigenvalue weighted by molar-refractivity contribution is -0.133. The molecule has 0 aromatic heterocycles. The minimum atomic E-state index is -1.03. The SMILES string of the molecule is N#CC=C(CC1CCCO1)C(=O)O. The van der Waals surface area contributed by atoms with Gasteiger partial charge in [0.25, 0.3) is 0 Å². The molecule has 0 aromatic carbocycles. The molecule has 1 rings (SSSR count). The van der Waals surface area contributed by atoms with E-state index in [0.29, 0.717) is 13.0 Å².